The van der Waals surface area contributed by atoms with Gasteiger partial charge >= 0.3 is 0 Å². The highest BCUT2D eigenvalue weighted by molar-refractivity contribution is 6.04. The van der Waals surface area contributed by atoms with E-state index in [1.807, 2.05) is 30.3 Å². The molecule has 0 bridgehead atoms. The van der Waals surface area contributed by atoms with E-state index in [1.54, 1.807) is 37.6 Å². The second kappa shape index (κ2) is 8.67. The first kappa shape index (κ1) is 17.5. The number of hydrogen-bond acceptors (Lipinski definition) is 4. The minimum Gasteiger partial charge on any atom is -0.497 e. The van der Waals surface area contributed by atoms with E-state index in [2.05, 4.69) is 27.8 Å². The molecular formula is C21H21N3O2. The third-order valence-corrected chi connectivity index (χ3v) is 3.92. The number of ether oxygens (including phenoxy) is 1. The second-order valence-corrected chi connectivity index (χ2v) is 5.78. The van der Waals surface area contributed by atoms with E-state index >= 15 is 0 Å². The number of aromatic nitrogens is 1. The van der Waals surface area contributed by atoms with Gasteiger partial charge in [0.1, 0.15) is 11.6 Å². The number of methoxy groups -OCH3 is 1. The zero-order valence-electron chi connectivity index (χ0n) is 14.6. The largest absolute Gasteiger partial charge is 0.497 e. The van der Waals surface area contributed by atoms with Crippen LogP contribution in [-0.4, -0.2) is 24.5 Å². The van der Waals surface area contributed by atoms with Crippen LogP contribution in [0.4, 0.5) is 11.5 Å². The van der Waals surface area contributed by atoms with Gasteiger partial charge in [-0.1, -0.05) is 36.4 Å². The van der Waals surface area contributed by atoms with Gasteiger partial charge in [-0.25, -0.2) is 4.98 Å². The third-order valence-electron chi connectivity index (χ3n) is 3.92. The summed E-state index contributed by atoms with van der Waals surface area (Å²) in [5.41, 5.74) is 2.46. The van der Waals surface area contributed by atoms with Crippen molar-refractivity contribution in [2.45, 2.75) is 6.42 Å². The van der Waals surface area contributed by atoms with Gasteiger partial charge in [-0.3, -0.25) is 4.79 Å². The van der Waals surface area contributed by atoms with Crippen molar-refractivity contribution in [3.05, 3.63) is 84.1 Å². The van der Waals surface area contributed by atoms with Crippen molar-refractivity contribution in [3.8, 4) is 5.75 Å². The van der Waals surface area contributed by atoms with Crippen LogP contribution >= 0.6 is 0 Å². The number of nitrogens with zero attached hydrogens (tertiary/aromatic N) is 1. The Labute approximate surface area is 153 Å². The average molecular weight is 347 g/mol. The number of rotatable bonds is 7. The van der Waals surface area contributed by atoms with Crippen LogP contribution in [0.5, 0.6) is 5.75 Å². The first-order valence-corrected chi connectivity index (χ1v) is 8.44. The van der Waals surface area contributed by atoms with E-state index in [4.69, 9.17) is 4.74 Å². The molecule has 0 aliphatic carbocycles. The summed E-state index contributed by atoms with van der Waals surface area (Å²) in [5.74, 6) is 1.23. The van der Waals surface area contributed by atoms with Crippen LogP contribution in [0.3, 0.4) is 0 Å². The SMILES string of the molecule is COc1cccc(C(=O)Nc2ccc(NCCc3ccccc3)nc2)c1. The van der Waals surface area contributed by atoms with Gasteiger partial charge in [-0.2, -0.15) is 0 Å². The van der Waals surface area contributed by atoms with Crippen LogP contribution in [0.1, 0.15) is 15.9 Å². The van der Waals surface area contributed by atoms with Gasteiger partial charge in [0.05, 0.1) is 19.0 Å². The van der Waals surface area contributed by atoms with Crippen LogP contribution in [0, 0.1) is 0 Å². The highest BCUT2D eigenvalue weighted by Gasteiger charge is 2.07. The van der Waals surface area contributed by atoms with Gasteiger partial charge in [0, 0.05) is 12.1 Å². The van der Waals surface area contributed by atoms with Gasteiger partial charge in [0.15, 0.2) is 0 Å². The molecule has 0 aliphatic rings. The van der Waals surface area contributed by atoms with E-state index < -0.39 is 0 Å². The zero-order chi connectivity index (χ0) is 18.2. The predicted molar refractivity (Wildman–Crippen MR) is 104 cm³/mol. The van der Waals surface area contributed by atoms with Crippen molar-refractivity contribution in [2.75, 3.05) is 24.3 Å². The van der Waals surface area contributed by atoms with Crippen molar-refractivity contribution in [2.24, 2.45) is 0 Å². The molecule has 132 valence electrons. The molecule has 1 aromatic heterocycles. The normalized spacial score (nSPS) is 10.2. The fourth-order valence-electron chi connectivity index (χ4n) is 2.52. The number of pyridine rings is 1. The summed E-state index contributed by atoms with van der Waals surface area (Å²) in [7, 11) is 1.57. The number of anilines is 2. The van der Waals surface area contributed by atoms with Crippen molar-refractivity contribution in [1.82, 2.24) is 4.98 Å². The standard InChI is InChI=1S/C21H21N3O2/c1-26-19-9-5-8-17(14-19)21(25)24-18-10-11-20(23-15-18)22-13-12-16-6-3-2-4-7-16/h2-11,14-15H,12-13H2,1H3,(H,22,23)(H,24,25). The quantitative estimate of drug-likeness (QED) is 0.678. The summed E-state index contributed by atoms with van der Waals surface area (Å²) in [5, 5.41) is 6.11. The molecule has 2 N–H and O–H groups in total. The molecule has 0 fully saturated rings. The summed E-state index contributed by atoms with van der Waals surface area (Å²) >= 11 is 0. The maximum absolute atomic E-state index is 12.3. The van der Waals surface area contributed by atoms with Crippen LogP contribution in [0.25, 0.3) is 0 Å². The van der Waals surface area contributed by atoms with Gasteiger partial charge in [-0.05, 0) is 42.3 Å². The lowest BCUT2D eigenvalue weighted by atomic mass is 10.1. The molecule has 0 aliphatic heterocycles. The van der Waals surface area contributed by atoms with E-state index in [1.165, 1.54) is 5.56 Å². The number of carbonyl (C=O) groups is 1. The summed E-state index contributed by atoms with van der Waals surface area (Å²) in [6.07, 6.45) is 2.57. The molecule has 0 unspecified atom stereocenters. The Morgan fingerprint density at radius 3 is 2.62 bits per heavy atom. The Morgan fingerprint density at radius 2 is 1.88 bits per heavy atom. The average Bonchev–Trinajstić information content (AvgIpc) is 2.70. The molecule has 3 rings (SSSR count). The fraction of sp³-hybridized carbons (Fsp3) is 0.143. The van der Waals surface area contributed by atoms with Gasteiger partial charge in [-0.15, -0.1) is 0 Å². The molecular weight excluding hydrogens is 326 g/mol. The molecule has 5 nitrogen and oxygen atoms in total. The summed E-state index contributed by atoms with van der Waals surface area (Å²) < 4.78 is 5.14. The third kappa shape index (κ3) is 4.83. The molecule has 0 spiro atoms. The molecule has 2 aromatic carbocycles. The van der Waals surface area contributed by atoms with E-state index in [-0.39, 0.29) is 5.91 Å². The Bertz CT molecular complexity index is 849. The molecule has 1 heterocycles. The fourth-order valence-corrected chi connectivity index (χ4v) is 2.52. The molecule has 0 radical (unpaired) electrons. The maximum Gasteiger partial charge on any atom is 0.255 e. The topological polar surface area (TPSA) is 63.2 Å². The Balaban J connectivity index is 1.53. The van der Waals surface area contributed by atoms with Crippen molar-refractivity contribution >= 4 is 17.4 Å². The zero-order valence-corrected chi connectivity index (χ0v) is 14.6. The molecule has 0 saturated heterocycles. The van der Waals surface area contributed by atoms with Gasteiger partial charge in [0.2, 0.25) is 0 Å². The Hall–Kier alpha value is -3.34. The van der Waals surface area contributed by atoms with Crippen LogP contribution in [-0.2, 0) is 6.42 Å². The first-order valence-electron chi connectivity index (χ1n) is 8.44. The number of nitrogens with one attached hydrogen (secondary N) is 2. The second-order valence-electron chi connectivity index (χ2n) is 5.78. The minimum absolute atomic E-state index is 0.199. The Morgan fingerprint density at radius 1 is 1.04 bits per heavy atom. The first-order chi connectivity index (χ1) is 12.7. The Kier molecular flexibility index (Phi) is 5.83. The molecule has 3 aromatic rings. The van der Waals surface area contributed by atoms with Gasteiger partial charge in [0.25, 0.3) is 5.91 Å². The monoisotopic (exact) mass is 347 g/mol. The molecule has 5 heteroatoms. The van der Waals surface area contributed by atoms with Crippen molar-refractivity contribution in [3.63, 3.8) is 0 Å². The number of amides is 1. The molecule has 1 amide bonds. The minimum atomic E-state index is -0.199. The molecule has 0 saturated carbocycles. The smallest absolute Gasteiger partial charge is 0.255 e. The van der Waals surface area contributed by atoms with Crippen molar-refractivity contribution < 1.29 is 9.53 Å². The lowest BCUT2D eigenvalue weighted by Gasteiger charge is -2.08. The van der Waals surface area contributed by atoms with Crippen LogP contribution in [0.2, 0.25) is 0 Å². The van der Waals surface area contributed by atoms with Crippen molar-refractivity contribution in [1.29, 1.82) is 0 Å². The summed E-state index contributed by atoms with van der Waals surface area (Å²) in [6.45, 7) is 0.798. The highest BCUT2D eigenvalue weighted by Crippen LogP contribution is 2.15. The van der Waals surface area contributed by atoms with E-state index in [9.17, 15) is 4.79 Å². The maximum atomic E-state index is 12.3. The summed E-state index contributed by atoms with van der Waals surface area (Å²) in [6, 6.07) is 21.0. The van der Waals surface area contributed by atoms with Crippen LogP contribution in [0.15, 0.2) is 72.9 Å². The molecule has 26 heavy (non-hydrogen) atoms. The van der Waals surface area contributed by atoms with Gasteiger partial charge < -0.3 is 15.4 Å². The number of benzene rings is 2. The summed E-state index contributed by atoms with van der Waals surface area (Å²) in [4.78, 5) is 16.6. The number of carbonyl (C=O) groups excluding carboxylic acids is 1. The molecule has 0 atom stereocenters. The number of hydrogen-bond donors (Lipinski definition) is 2. The highest BCUT2D eigenvalue weighted by atomic mass is 16.5. The van der Waals surface area contributed by atoms with E-state index in [0.717, 1.165) is 18.8 Å². The lowest BCUT2D eigenvalue weighted by Crippen LogP contribution is -2.12. The predicted octanol–water partition coefficient (Wildman–Crippen LogP) is 4.00. The van der Waals surface area contributed by atoms with Crippen LogP contribution < -0.4 is 15.4 Å². The van der Waals surface area contributed by atoms with E-state index in [0.29, 0.717) is 17.0 Å². The lowest BCUT2D eigenvalue weighted by molar-refractivity contribution is 0.102.